The van der Waals surface area contributed by atoms with Crippen LogP contribution in [0, 0.1) is 13.8 Å². The second-order valence-electron chi connectivity index (χ2n) is 6.34. The fourth-order valence-electron chi connectivity index (χ4n) is 2.78. The van der Waals surface area contributed by atoms with Gasteiger partial charge in [0.2, 0.25) is 5.91 Å². The van der Waals surface area contributed by atoms with Gasteiger partial charge in [0.1, 0.15) is 0 Å². The molecule has 1 aromatic carbocycles. The number of rotatable bonds is 2. The molecule has 0 radical (unpaired) electrons. The van der Waals surface area contributed by atoms with Gasteiger partial charge in [0, 0.05) is 13.1 Å². The molecular formula is C17H25NO2. The molecule has 1 aromatic rings. The summed E-state index contributed by atoms with van der Waals surface area (Å²) in [4.78, 5) is 14.3. The smallest absolute Gasteiger partial charge is 0.227 e. The van der Waals surface area contributed by atoms with Crippen molar-refractivity contribution in [2.24, 2.45) is 0 Å². The molecule has 0 unspecified atom stereocenters. The molecule has 1 heterocycles. The van der Waals surface area contributed by atoms with Gasteiger partial charge in [-0.05, 0) is 51.2 Å². The van der Waals surface area contributed by atoms with Crippen molar-refractivity contribution in [2.75, 3.05) is 13.1 Å². The molecule has 3 nitrogen and oxygen atoms in total. The fraction of sp³-hybridized carbons (Fsp3) is 0.588. The fourth-order valence-corrected chi connectivity index (χ4v) is 2.78. The number of aryl methyl sites for hydroxylation is 2. The van der Waals surface area contributed by atoms with Crippen LogP contribution in [0.2, 0.25) is 0 Å². The zero-order chi connectivity index (χ0) is 14.8. The van der Waals surface area contributed by atoms with E-state index in [0.29, 0.717) is 19.4 Å². The van der Waals surface area contributed by atoms with E-state index in [9.17, 15) is 9.90 Å². The van der Waals surface area contributed by atoms with Crippen LogP contribution < -0.4 is 0 Å². The molecule has 1 amide bonds. The topological polar surface area (TPSA) is 40.5 Å². The molecule has 1 N–H and O–H groups in total. The van der Waals surface area contributed by atoms with Crippen molar-refractivity contribution in [3.05, 3.63) is 34.9 Å². The molecule has 0 bridgehead atoms. The van der Waals surface area contributed by atoms with Crippen molar-refractivity contribution < 1.29 is 9.90 Å². The third-order valence-electron chi connectivity index (χ3n) is 4.26. The molecule has 110 valence electrons. The van der Waals surface area contributed by atoms with Crippen molar-refractivity contribution in [1.29, 1.82) is 0 Å². The highest BCUT2D eigenvalue weighted by Gasteiger charge is 2.27. The van der Waals surface area contributed by atoms with Crippen LogP contribution >= 0.6 is 0 Å². The summed E-state index contributed by atoms with van der Waals surface area (Å²) in [7, 11) is 0. The van der Waals surface area contributed by atoms with E-state index in [2.05, 4.69) is 32.0 Å². The monoisotopic (exact) mass is 275 g/mol. The van der Waals surface area contributed by atoms with Gasteiger partial charge in [-0.25, -0.2) is 0 Å². The lowest BCUT2D eigenvalue weighted by atomic mass is 9.98. The second-order valence-corrected chi connectivity index (χ2v) is 6.34. The maximum Gasteiger partial charge on any atom is 0.227 e. The number of hydrogen-bond acceptors (Lipinski definition) is 2. The number of carbonyl (C=O) groups excluding carboxylic acids is 1. The highest BCUT2D eigenvalue weighted by atomic mass is 16.3. The molecule has 1 fully saturated rings. The number of carbonyl (C=O) groups is 1. The van der Waals surface area contributed by atoms with Crippen LogP contribution in [0.1, 0.15) is 42.9 Å². The van der Waals surface area contributed by atoms with Gasteiger partial charge in [-0.1, -0.05) is 23.8 Å². The van der Waals surface area contributed by atoms with E-state index in [1.807, 2.05) is 11.8 Å². The number of benzene rings is 1. The highest BCUT2D eigenvalue weighted by Crippen LogP contribution is 2.22. The Kier molecular flexibility index (Phi) is 4.48. The van der Waals surface area contributed by atoms with Crippen molar-refractivity contribution in [3.63, 3.8) is 0 Å². The van der Waals surface area contributed by atoms with Crippen molar-refractivity contribution in [1.82, 2.24) is 4.90 Å². The summed E-state index contributed by atoms with van der Waals surface area (Å²) in [6.07, 6.45) is 2.80. The maximum absolute atomic E-state index is 12.4. The predicted octanol–water partition coefficient (Wildman–Crippen LogP) is 2.61. The van der Waals surface area contributed by atoms with Crippen LogP contribution in [0.3, 0.4) is 0 Å². The first-order valence-corrected chi connectivity index (χ1v) is 7.44. The Balaban J connectivity index is 2.03. The summed E-state index contributed by atoms with van der Waals surface area (Å²) in [6, 6.07) is 6.25. The number of nitrogens with zero attached hydrogens (tertiary/aromatic N) is 1. The lowest BCUT2D eigenvalue weighted by Crippen LogP contribution is -2.34. The first kappa shape index (κ1) is 15.0. The Hall–Kier alpha value is -1.35. The molecule has 2 rings (SSSR count). The Morgan fingerprint density at radius 2 is 2.05 bits per heavy atom. The van der Waals surface area contributed by atoms with Gasteiger partial charge in [-0.3, -0.25) is 4.79 Å². The first-order valence-electron chi connectivity index (χ1n) is 7.44. The predicted molar refractivity (Wildman–Crippen MR) is 80.7 cm³/mol. The molecule has 0 aliphatic carbocycles. The average Bonchev–Trinajstić information content (AvgIpc) is 2.55. The third kappa shape index (κ3) is 3.83. The number of aliphatic hydroxyl groups is 1. The Labute approximate surface area is 121 Å². The van der Waals surface area contributed by atoms with E-state index < -0.39 is 5.60 Å². The van der Waals surface area contributed by atoms with Crippen LogP contribution in [0.25, 0.3) is 0 Å². The lowest BCUT2D eigenvalue weighted by molar-refractivity contribution is -0.130. The zero-order valence-electron chi connectivity index (χ0n) is 12.8. The van der Waals surface area contributed by atoms with E-state index >= 15 is 0 Å². The summed E-state index contributed by atoms with van der Waals surface area (Å²) < 4.78 is 0. The molecule has 1 saturated heterocycles. The van der Waals surface area contributed by atoms with Crippen LogP contribution in [0.15, 0.2) is 18.2 Å². The van der Waals surface area contributed by atoms with Crippen LogP contribution in [0.5, 0.6) is 0 Å². The second kappa shape index (κ2) is 5.96. The normalized spacial score (nSPS) is 23.5. The lowest BCUT2D eigenvalue weighted by Gasteiger charge is -2.23. The largest absolute Gasteiger partial charge is 0.390 e. The van der Waals surface area contributed by atoms with E-state index in [0.717, 1.165) is 24.9 Å². The highest BCUT2D eigenvalue weighted by molar-refractivity contribution is 5.79. The minimum atomic E-state index is -0.617. The molecule has 0 aromatic heterocycles. The van der Waals surface area contributed by atoms with E-state index in [1.54, 1.807) is 0 Å². The van der Waals surface area contributed by atoms with Gasteiger partial charge in [-0.15, -0.1) is 0 Å². The molecule has 1 aliphatic heterocycles. The van der Waals surface area contributed by atoms with Gasteiger partial charge in [0.25, 0.3) is 0 Å². The Bertz CT molecular complexity index is 494. The molecule has 0 spiro atoms. The summed E-state index contributed by atoms with van der Waals surface area (Å²) in [5.41, 5.74) is 2.86. The summed E-state index contributed by atoms with van der Waals surface area (Å²) in [5, 5.41) is 10.1. The van der Waals surface area contributed by atoms with E-state index in [-0.39, 0.29) is 5.91 Å². The van der Waals surface area contributed by atoms with Gasteiger partial charge >= 0.3 is 0 Å². The minimum absolute atomic E-state index is 0.177. The molecule has 20 heavy (non-hydrogen) atoms. The first-order chi connectivity index (χ1) is 9.37. The zero-order valence-corrected chi connectivity index (χ0v) is 12.8. The van der Waals surface area contributed by atoms with Gasteiger partial charge < -0.3 is 10.0 Å². The third-order valence-corrected chi connectivity index (χ3v) is 4.26. The number of hydrogen-bond donors (Lipinski definition) is 1. The molecular weight excluding hydrogens is 250 g/mol. The standard InChI is InChI=1S/C17H25NO2/c1-13-5-6-14(2)15(11-13)12-16(19)18-9-4-7-17(3,20)8-10-18/h5-6,11,20H,4,7-10,12H2,1-3H3/t17-/m0/s1. The molecule has 0 saturated carbocycles. The van der Waals surface area contributed by atoms with Crippen molar-refractivity contribution >= 4 is 5.91 Å². The van der Waals surface area contributed by atoms with Gasteiger partial charge in [0.05, 0.1) is 12.0 Å². The molecule has 1 aliphatic rings. The summed E-state index contributed by atoms with van der Waals surface area (Å²) >= 11 is 0. The summed E-state index contributed by atoms with van der Waals surface area (Å²) in [6.45, 7) is 7.40. The molecule has 1 atom stereocenters. The minimum Gasteiger partial charge on any atom is -0.390 e. The Morgan fingerprint density at radius 3 is 2.80 bits per heavy atom. The Morgan fingerprint density at radius 1 is 1.30 bits per heavy atom. The quantitative estimate of drug-likeness (QED) is 0.901. The molecule has 3 heteroatoms. The van der Waals surface area contributed by atoms with Crippen LogP contribution in [0.4, 0.5) is 0 Å². The SMILES string of the molecule is Cc1ccc(C)c(CC(=O)N2CCC[C@](C)(O)CC2)c1. The average molecular weight is 275 g/mol. The maximum atomic E-state index is 12.4. The number of amides is 1. The van der Waals surface area contributed by atoms with E-state index in [1.165, 1.54) is 11.1 Å². The number of likely N-dealkylation sites (tertiary alicyclic amines) is 1. The van der Waals surface area contributed by atoms with Crippen LogP contribution in [-0.2, 0) is 11.2 Å². The van der Waals surface area contributed by atoms with E-state index in [4.69, 9.17) is 0 Å². The van der Waals surface area contributed by atoms with Crippen LogP contribution in [-0.4, -0.2) is 34.6 Å². The summed E-state index contributed by atoms with van der Waals surface area (Å²) in [5.74, 6) is 0.177. The van der Waals surface area contributed by atoms with Crippen molar-refractivity contribution in [3.8, 4) is 0 Å². The van der Waals surface area contributed by atoms with Gasteiger partial charge in [0.15, 0.2) is 0 Å². The van der Waals surface area contributed by atoms with Crippen molar-refractivity contribution in [2.45, 2.75) is 52.1 Å². The van der Waals surface area contributed by atoms with Gasteiger partial charge in [-0.2, -0.15) is 0 Å².